The fourth-order valence-corrected chi connectivity index (χ4v) is 3.92. The van der Waals surface area contributed by atoms with Crippen LogP contribution in [0.25, 0.3) is 27.2 Å². The summed E-state index contributed by atoms with van der Waals surface area (Å²) in [5, 5.41) is 2.78. The molecule has 30 heavy (non-hydrogen) atoms. The summed E-state index contributed by atoms with van der Waals surface area (Å²) in [6.45, 7) is 7.54. The SMILES string of the molecule is CCC(C)N1C=C(c2cc3c(cnc4cc(OC)c(OC)cc43)c(N)n2)C=C(C)C1. The van der Waals surface area contributed by atoms with Crippen molar-refractivity contribution in [1.82, 2.24) is 14.9 Å². The van der Waals surface area contributed by atoms with Crippen molar-refractivity contribution in [1.29, 1.82) is 0 Å². The molecule has 1 aliphatic heterocycles. The number of rotatable bonds is 5. The largest absolute Gasteiger partial charge is 0.493 e. The van der Waals surface area contributed by atoms with Gasteiger partial charge in [0, 0.05) is 47.4 Å². The van der Waals surface area contributed by atoms with E-state index in [9.17, 15) is 0 Å². The number of ether oxygens (including phenoxy) is 2. The van der Waals surface area contributed by atoms with Gasteiger partial charge in [-0.05, 0) is 37.8 Å². The zero-order chi connectivity index (χ0) is 21.4. The lowest BCUT2D eigenvalue weighted by atomic mass is 10.0. The molecule has 1 atom stereocenters. The maximum Gasteiger partial charge on any atom is 0.162 e. The van der Waals surface area contributed by atoms with Crippen LogP contribution in [0, 0.1) is 0 Å². The van der Waals surface area contributed by atoms with E-state index in [1.165, 1.54) is 5.57 Å². The van der Waals surface area contributed by atoms with E-state index in [0.29, 0.717) is 23.4 Å². The molecule has 0 fully saturated rings. The molecule has 0 saturated carbocycles. The Morgan fingerprint density at radius 2 is 1.83 bits per heavy atom. The fraction of sp³-hybridized carbons (Fsp3) is 0.333. The first-order valence-electron chi connectivity index (χ1n) is 10.2. The number of anilines is 1. The molecule has 6 nitrogen and oxygen atoms in total. The Balaban J connectivity index is 1.94. The van der Waals surface area contributed by atoms with Gasteiger partial charge in [-0.3, -0.25) is 4.98 Å². The molecule has 0 aliphatic carbocycles. The Morgan fingerprint density at radius 3 is 2.53 bits per heavy atom. The topological polar surface area (TPSA) is 73.5 Å². The van der Waals surface area contributed by atoms with Crippen LogP contribution >= 0.6 is 0 Å². The van der Waals surface area contributed by atoms with Crippen LogP contribution in [0.1, 0.15) is 32.9 Å². The third-order valence-corrected chi connectivity index (χ3v) is 5.80. The van der Waals surface area contributed by atoms with Crippen LogP contribution in [0.3, 0.4) is 0 Å². The Bertz CT molecular complexity index is 1180. The number of aromatic nitrogens is 2. The van der Waals surface area contributed by atoms with Gasteiger partial charge < -0.3 is 20.1 Å². The Kier molecular flexibility index (Phi) is 5.24. The molecule has 3 aromatic rings. The Hall–Kier alpha value is -3.28. The third-order valence-electron chi connectivity index (χ3n) is 5.80. The van der Waals surface area contributed by atoms with Crippen LogP contribution in [0.15, 0.2) is 42.2 Å². The number of methoxy groups -OCH3 is 2. The summed E-state index contributed by atoms with van der Waals surface area (Å²) < 4.78 is 10.9. The molecule has 0 amide bonds. The van der Waals surface area contributed by atoms with Crippen LogP contribution in [-0.2, 0) is 0 Å². The highest BCUT2D eigenvalue weighted by Crippen LogP contribution is 2.37. The van der Waals surface area contributed by atoms with Crippen molar-refractivity contribution < 1.29 is 9.47 Å². The summed E-state index contributed by atoms with van der Waals surface area (Å²) in [5.74, 6) is 1.78. The highest BCUT2D eigenvalue weighted by atomic mass is 16.5. The first kappa shape index (κ1) is 20.0. The van der Waals surface area contributed by atoms with Crippen LogP contribution < -0.4 is 15.2 Å². The minimum atomic E-state index is 0.461. The first-order valence-corrected chi connectivity index (χ1v) is 10.2. The minimum absolute atomic E-state index is 0.461. The molecular formula is C24H28N4O2. The van der Waals surface area contributed by atoms with Gasteiger partial charge >= 0.3 is 0 Å². The van der Waals surface area contributed by atoms with Crippen molar-refractivity contribution in [2.24, 2.45) is 0 Å². The number of allylic oxidation sites excluding steroid dienone is 2. The van der Waals surface area contributed by atoms with Gasteiger partial charge in [-0.25, -0.2) is 4.98 Å². The van der Waals surface area contributed by atoms with Gasteiger partial charge in [-0.2, -0.15) is 0 Å². The van der Waals surface area contributed by atoms with Crippen molar-refractivity contribution >= 4 is 33.1 Å². The zero-order valence-electron chi connectivity index (χ0n) is 18.2. The second-order valence-corrected chi connectivity index (χ2v) is 7.84. The highest BCUT2D eigenvalue weighted by molar-refractivity contribution is 6.10. The lowest BCUT2D eigenvalue weighted by Gasteiger charge is -2.31. The summed E-state index contributed by atoms with van der Waals surface area (Å²) in [4.78, 5) is 11.6. The zero-order valence-corrected chi connectivity index (χ0v) is 18.2. The molecule has 0 bridgehead atoms. The van der Waals surface area contributed by atoms with E-state index in [2.05, 4.69) is 49.0 Å². The molecule has 0 radical (unpaired) electrons. The minimum Gasteiger partial charge on any atom is -0.493 e. The van der Waals surface area contributed by atoms with Crippen LogP contribution in [0.2, 0.25) is 0 Å². The lowest BCUT2D eigenvalue weighted by Crippen LogP contribution is -2.31. The number of nitrogens with two attached hydrogens (primary N) is 1. The summed E-state index contributed by atoms with van der Waals surface area (Å²) >= 11 is 0. The van der Waals surface area contributed by atoms with E-state index in [1.807, 2.05) is 12.1 Å². The first-order chi connectivity index (χ1) is 14.4. The number of hydrogen-bond acceptors (Lipinski definition) is 6. The van der Waals surface area contributed by atoms with E-state index in [0.717, 1.165) is 45.9 Å². The number of fused-ring (bicyclic) bond motifs is 3. The van der Waals surface area contributed by atoms with Gasteiger partial charge in [0.25, 0.3) is 0 Å². The van der Waals surface area contributed by atoms with E-state index in [4.69, 9.17) is 20.2 Å². The van der Waals surface area contributed by atoms with Gasteiger partial charge in [-0.1, -0.05) is 18.6 Å². The maximum absolute atomic E-state index is 6.37. The van der Waals surface area contributed by atoms with E-state index in [-0.39, 0.29) is 0 Å². The van der Waals surface area contributed by atoms with Crippen LogP contribution in [-0.4, -0.2) is 41.7 Å². The van der Waals surface area contributed by atoms with Crippen LogP contribution in [0.4, 0.5) is 5.82 Å². The van der Waals surface area contributed by atoms with Crippen molar-refractivity contribution in [3.8, 4) is 11.5 Å². The Morgan fingerprint density at radius 1 is 1.10 bits per heavy atom. The molecule has 0 saturated heterocycles. The van der Waals surface area contributed by atoms with Gasteiger partial charge in [0.05, 0.1) is 25.4 Å². The second-order valence-electron chi connectivity index (χ2n) is 7.84. The normalized spacial score (nSPS) is 15.2. The number of nitrogens with zero attached hydrogens (tertiary/aromatic N) is 3. The van der Waals surface area contributed by atoms with Gasteiger partial charge in [0.2, 0.25) is 0 Å². The van der Waals surface area contributed by atoms with Crippen molar-refractivity contribution in [2.45, 2.75) is 33.2 Å². The van der Waals surface area contributed by atoms with Gasteiger partial charge in [0.1, 0.15) is 5.82 Å². The third kappa shape index (κ3) is 3.43. The van der Waals surface area contributed by atoms with Crippen molar-refractivity contribution in [3.63, 3.8) is 0 Å². The smallest absolute Gasteiger partial charge is 0.162 e. The van der Waals surface area contributed by atoms with Crippen molar-refractivity contribution in [3.05, 3.63) is 47.9 Å². The lowest BCUT2D eigenvalue weighted by molar-refractivity contribution is 0.306. The predicted molar refractivity (Wildman–Crippen MR) is 123 cm³/mol. The molecule has 2 N–H and O–H groups in total. The number of hydrogen-bond donors (Lipinski definition) is 1. The average molecular weight is 405 g/mol. The summed E-state index contributed by atoms with van der Waals surface area (Å²) in [6.07, 6.45) is 7.25. The molecule has 1 unspecified atom stereocenters. The standard InChI is InChI=1S/C24H28N4O2/c1-6-15(3)28-12-14(2)7-16(13-28)20-8-17-18-9-22(29-4)23(30-5)10-21(18)26-11-19(17)24(25)27-20/h7-11,13,15H,6,12H2,1-5H3,(H2,25,27). The fourth-order valence-electron chi connectivity index (χ4n) is 3.92. The molecule has 3 heterocycles. The van der Waals surface area contributed by atoms with Crippen LogP contribution in [0.5, 0.6) is 11.5 Å². The number of nitrogen functional groups attached to an aromatic ring is 1. The molecular weight excluding hydrogens is 376 g/mol. The quantitative estimate of drug-likeness (QED) is 0.617. The second kappa shape index (κ2) is 7.86. The molecule has 0 spiro atoms. The predicted octanol–water partition coefficient (Wildman–Crippen LogP) is 4.78. The van der Waals surface area contributed by atoms with Gasteiger partial charge in [0.15, 0.2) is 11.5 Å². The Labute approximate surface area is 177 Å². The van der Waals surface area contributed by atoms with Crippen molar-refractivity contribution in [2.75, 3.05) is 26.5 Å². The molecule has 1 aromatic carbocycles. The molecule has 156 valence electrons. The van der Waals surface area contributed by atoms with Gasteiger partial charge in [-0.15, -0.1) is 0 Å². The summed E-state index contributed by atoms with van der Waals surface area (Å²) in [7, 11) is 3.26. The van der Waals surface area contributed by atoms with E-state index in [1.54, 1.807) is 20.4 Å². The molecule has 4 rings (SSSR count). The average Bonchev–Trinajstić information content (AvgIpc) is 2.76. The molecule has 1 aliphatic rings. The number of pyridine rings is 2. The maximum atomic E-state index is 6.37. The highest BCUT2D eigenvalue weighted by Gasteiger charge is 2.18. The number of benzene rings is 1. The summed E-state index contributed by atoms with van der Waals surface area (Å²) in [5.41, 5.74) is 10.4. The van der Waals surface area contributed by atoms with E-state index < -0.39 is 0 Å². The summed E-state index contributed by atoms with van der Waals surface area (Å²) in [6, 6.07) is 6.40. The monoisotopic (exact) mass is 404 g/mol. The molecule has 6 heteroatoms. The van der Waals surface area contributed by atoms with E-state index >= 15 is 0 Å². The molecule has 2 aromatic heterocycles.